The molecule has 0 aliphatic rings. The van der Waals surface area contributed by atoms with Gasteiger partial charge in [0.25, 0.3) is 5.91 Å². The average Bonchev–Trinajstić information content (AvgIpc) is 2.68. The van der Waals surface area contributed by atoms with Crippen LogP contribution >= 0.6 is 22.9 Å². The molecule has 0 fully saturated rings. The zero-order valence-corrected chi connectivity index (χ0v) is 9.48. The first-order valence-corrected chi connectivity index (χ1v) is 5.53. The summed E-state index contributed by atoms with van der Waals surface area (Å²) in [7, 11) is 0. The number of hydrogen-bond donors (Lipinski definition) is 1. The summed E-state index contributed by atoms with van der Waals surface area (Å²) in [6.07, 6.45) is 1.35. The van der Waals surface area contributed by atoms with E-state index < -0.39 is 11.7 Å². The highest BCUT2D eigenvalue weighted by molar-refractivity contribution is 7.17. The van der Waals surface area contributed by atoms with Crippen molar-refractivity contribution in [3.05, 3.63) is 45.6 Å². The van der Waals surface area contributed by atoms with Gasteiger partial charge in [-0.3, -0.25) is 4.79 Å². The van der Waals surface area contributed by atoms with E-state index in [0.29, 0.717) is 4.88 Å². The van der Waals surface area contributed by atoms with Gasteiger partial charge < -0.3 is 5.32 Å². The van der Waals surface area contributed by atoms with E-state index in [0.717, 1.165) is 11.3 Å². The second-order valence-electron chi connectivity index (χ2n) is 2.91. The minimum Gasteiger partial charge on any atom is -0.319 e. The third-order valence-corrected chi connectivity index (χ3v) is 2.94. The van der Waals surface area contributed by atoms with Crippen LogP contribution in [-0.2, 0) is 0 Å². The first kappa shape index (κ1) is 11.0. The highest BCUT2D eigenvalue weighted by Gasteiger charge is 2.11. The predicted molar refractivity (Wildman–Crippen MR) is 61.5 cm³/mol. The molecule has 0 aliphatic carbocycles. The molecule has 1 aromatic heterocycles. The van der Waals surface area contributed by atoms with Crippen molar-refractivity contribution in [2.24, 2.45) is 0 Å². The summed E-state index contributed by atoms with van der Waals surface area (Å²) in [5.41, 5.74) is 0.136. The van der Waals surface area contributed by atoms with Crippen LogP contribution in [0, 0.1) is 5.82 Å². The van der Waals surface area contributed by atoms with E-state index in [9.17, 15) is 9.18 Å². The zero-order chi connectivity index (χ0) is 11.5. The third-order valence-electron chi connectivity index (χ3n) is 1.82. The Morgan fingerprint density at radius 1 is 1.44 bits per heavy atom. The first-order valence-electron chi connectivity index (χ1n) is 4.34. The van der Waals surface area contributed by atoms with Crippen LogP contribution in [0.3, 0.4) is 0 Å². The van der Waals surface area contributed by atoms with Crippen molar-refractivity contribution in [2.75, 3.05) is 5.32 Å². The Labute approximate surface area is 99.9 Å². The van der Waals surface area contributed by atoms with Gasteiger partial charge in [0, 0.05) is 0 Å². The zero-order valence-electron chi connectivity index (χ0n) is 7.91. The standard InChI is InChI=1S/C10H6ClFN2OS/c11-10-13-5-8(16-10)9(15)14-7-4-2-1-3-6(7)12/h1-5H,(H,14,15). The molecular formula is C10H6ClFN2OS. The molecule has 16 heavy (non-hydrogen) atoms. The van der Waals surface area contributed by atoms with Crippen molar-refractivity contribution in [3.8, 4) is 0 Å². The molecule has 0 saturated heterocycles. The number of aromatic nitrogens is 1. The van der Waals surface area contributed by atoms with E-state index in [1.165, 1.54) is 18.3 Å². The Bertz CT molecular complexity index is 529. The van der Waals surface area contributed by atoms with Crippen molar-refractivity contribution < 1.29 is 9.18 Å². The van der Waals surface area contributed by atoms with Crippen molar-refractivity contribution in [1.29, 1.82) is 0 Å². The summed E-state index contributed by atoms with van der Waals surface area (Å²) >= 11 is 6.63. The number of carbonyl (C=O) groups is 1. The highest BCUT2D eigenvalue weighted by atomic mass is 35.5. The molecule has 1 N–H and O–H groups in total. The number of rotatable bonds is 2. The lowest BCUT2D eigenvalue weighted by Gasteiger charge is -2.03. The molecule has 0 unspecified atom stereocenters. The fourth-order valence-corrected chi connectivity index (χ4v) is 1.94. The van der Waals surface area contributed by atoms with Gasteiger partial charge >= 0.3 is 0 Å². The second-order valence-corrected chi connectivity index (χ2v) is 4.52. The molecule has 0 saturated carbocycles. The number of amides is 1. The van der Waals surface area contributed by atoms with E-state index >= 15 is 0 Å². The lowest BCUT2D eigenvalue weighted by molar-refractivity contribution is 0.103. The van der Waals surface area contributed by atoms with Crippen LogP contribution in [0.2, 0.25) is 4.47 Å². The molecule has 0 bridgehead atoms. The molecular weight excluding hydrogens is 251 g/mol. The van der Waals surface area contributed by atoms with Crippen LogP contribution in [0.4, 0.5) is 10.1 Å². The summed E-state index contributed by atoms with van der Waals surface area (Å²) in [6, 6.07) is 5.94. The molecule has 0 radical (unpaired) electrons. The summed E-state index contributed by atoms with van der Waals surface area (Å²) in [5.74, 6) is -0.902. The van der Waals surface area contributed by atoms with Crippen LogP contribution in [0.15, 0.2) is 30.5 Å². The molecule has 82 valence electrons. The van der Waals surface area contributed by atoms with Gasteiger partial charge in [-0.2, -0.15) is 0 Å². The number of benzene rings is 1. The maximum absolute atomic E-state index is 13.2. The monoisotopic (exact) mass is 256 g/mol. The van der Waals surface area contributed by atoms with E-state index in [-0.39, 0.29) is 10.2 Å². The number of nitrogens with one attached hydrogen (secondary N) is 1. The van der Waals surface area contributed by atoms with E-state index in [1.807, 2.05) is 0 Å². The molecule has 0 atom stereocenters. The first-order chi connectivity index (χ1) is 7.66. The third kappa shape index (κ3) is 2.37. The normalized spacial score (nSPS) is 10.1. The van der Waals surface area contributed by atoms with Crippen LogP contribution in [0.1, 0.15) is 9.67 Å². The molecule has 2 rings (SSSR count). The lowest BCUT2D eigenvalue weighted by Crippen LogP contribution is -2.11. The van der Waals surface area contributed by atoms with Gasteiger partial charge in [-0.15, -0.1) is 0 Å². The number of anilines is 1. The fraction of sp³-hybridized carbons (Fsp3) is 0. The maximum atomic E-state index is 13.2. The highest BCUT2D eigenvalue weighted by Crippen LogP contribution is 2.20. The number of halogens is 2. The molecule has 0 aliphatic heterocycles. The number of nitrogens with zero attached hydrogens (tertiary/aromatic N) is 1. The van der Waals surface area contributed by atoms with Crippen molar-refractivity contribution >= 4 is 34.5 Å². The summed E-state index contributed by atoms with van der Waals surface area (Å²) in [5, 5.41) is 2.44. The molecule has 3 nitrogen and oxygen atoms in total. The number of hydrogen-bond acceptors (Lipinski definition) is 3. The lowest BCUT2D eigenvalue weighted by atomic mass is 10.3. The summed E-state index contributed by atoms with van der Waals surface area (Å²) in [6.45, 7) is 0. The van der Waals surface area contributed by atoms with Gasteiger partial charge in [-0.25, -0.2) is 9.37 Å². The summed E-state index contributed by atoms with van der Waals surface area (Å²) in [4.78, 5) is 15.7. The Balaban J connectivity index is 2.17. The fourth-order valence-electron chi connectivity index (χ4n) is 1.10. The molecule has 0 spiro atoms. The second kappa shape index (κ2) is 4.59. The van der Waals surface area contributed by atoms with Crippen molar-refractivity contribution in [2.45, 2.75) is 0 Å². The van der Waals surface area contributed by atoms with Gasteiger partial charge in [-0.05, 0) is 12.1 Å². The van der Waals surface area contributed by atoms with Gasteiger partial charge in [0.15, 0.2) is 4.47 Å². The molecule has 2 aromatic rings. The maximum Gasteiger partial charge on any atom is 0.267 e. The molecule has 1 aromatic carbocycles. The van der Waals surface area contributed by atoms with Crippen LogP contribution in [0.25, 0.3) is 0 Å². The van der Waals surface area contributed by atoms with E-state index in [2.05, 4.69) is 10.3 Å². The topological polar surface area (TPSA) is 42.0 Å². The minimum absolute atomic E-state index is 0.136. The Kier molecular flexibility index (Phi) is 3.17. The van der Waals surface area contributed by atoms with Gasteiger partial charge in [0.2, 0.25) is 0 Å². The van der Waals surface area contributed by atoms with Gasteiger partial charge in [0.05, 0.1) is 11.9 Å². The number of para-hydroxylation sites is 1. The summed E-state index contributed by atoms with van der Waals surface area (Å²) < 4.78 is 13.5. The van der Waals surface area contributed by atoms with Crippen LogP contribution < -0.4 is 5.32 Å². The minimum atomic E-state index is -0.480. The largest absolute Gasteiger partial charge is 0.319 e. The quantitative estimate of drug-likeness (QED) is 0.897. The predicted octanol–water partition coefficient (Wildman–Crippen LogP) is 3.19. The van der Waals surface area contributed by atoms with Gasteiger partial charge in [0.1, 0.15) is 10.7 Å². The molecule has 1 heterocycles. The Morgan fingerprint density at radius 2 is 2.19 bits per heavy atom. The smallest absolute Gasteiger partial charge is 0.267 e. The Morgan fingerprint density at radius 3 is 2.81 bits per heavy atom. The van der Waals surface area contributed by atoms with E-state index in [4.69, 9.17) is 11.6 Å². The number of thiazole rings is 1. The SMILES string of the molecule is O=C(Nc1ccccc1F)c1cnc(Cl)s1. The average molecular weight is 257 g/mol. The van der Waals surface area contributed by atoms with E-state index in [1.54, 1.807) is 12.1 Å². The Hall–Kier alpha value is -1.46. The van der Waals surface area contributed by atoms with Gasteiger partial charge in [-0.1, -0.05) is 35.1 Å². The molecule has 6 heteroatoms. The van der Waals surface area contributed by atoms with Crippen LogP contribution in [0.5, 0.6) is 0 Å². The molecule has 1 amide bonds. The number of carbonyl (C=O) groups excluding carboxylic acids is 1. The van der Waals surface area contributed by atoms with Crippen LogP contribution in [-0.4, -0.2) is 10.9 Å². The van der Waals surface area contributed by atoms with Crippen molar-refractivity contribution in [1.82, 2.24) is 4.98 Å². The van der Waals surface area contributed by atoms with Crippen molar-refractivity contribution in [3.63, 3.8) is 0 Å².